The second-order valence-electron chi connectivity index (χ2n) is 5.70. The van der Waals surface area contributed by atoms with Gasteiger partial charge in [0.05, 0.1) is 26.0 Å². The van der Waals surface area contributed by atoms with E-state index in [0.717, 1.165) is 31.7 Å². The quantitative estimate of drug-likeness (QED) is 0.726. The number of piperidine rings is 1. The van der Waals surface area contributed by atoms with Gasteiger partial charge in [-0.05, 0) is 30.4 Å². The number of pyridine rings is 1. The third-order valence-electron chi connectivity index (χ3n) is 4.15. The lowest BCUT2D eigenvalue weighted by Gasteiger charge is -2.33. The summed E-state index contributed by atoms with van der Waals surface area (Å²) in [6.07, 6.45) is 7.23. The summed E-state index contributed by atoms with van der Waals surface area (Å²) in [6.45, 7) is 1.78. The third kappa shape index (κ3) is 2.99. The predicted octanol–water partition coefficient (Wildman–Crippen LogP) is 3.14. The first-order chi connectivity index (χ1) is 11.8. The van der Waals surface area contributed by atoms with E-state index >= 15 is 0 Å². The molecule has 1 fully saturated rings. The maximum atomic E-state index is 5.96. The van der Waals surface area contributed by atoms with Crippen LogP contribution in [-0.4, -0.2) is 41.3 Å². The molecule has 0 saturated carbocycles. The van der Waals surface area contributed by atoms with Gasteiger partial charge in [0.15, 0.2) is 5.75 Å². The molecule has 124 valence electrons. The lowest BCUT2D eigenvalue weighted by atomic mass is 10.1. The van der Waals surface area contributed by atoms with Crippen LogP contribution < -0.4 is 14.4 Å². The summed E-state index contributed by atoms with van der Waals surface area (Å²) < 4.78 is 12.3. The topological polar surface area (TPSA) is 60.4 Å². The fourth-order valence-electron chi connectivity index (χ4n) is 2.98. The van der Waals surface area contributed by atoms with E-state index in [-0.39, 0.29) is 6.10 Å². The smallest absolute Gasteiger partial charge is 0.316 e. The van der Waals surface area contributed by atoms with Gasteiger partial charge < -0.3 is 14.4 Å². The van der Waals surface area contributed by atoms with Crippen molar-refractivity contribution in [3.63, 3.8) is 0 Å². The molecule has 0 aromatic carbocycles. The van der Waals surface area contributed by atoms with Crippen molar-refractivity contribution < 1.29 is 9.47 Å². The molecular formula is C17H18N4O2S. The van der Waals surface area contributed by atoms with Crippen molar-refractivity contribution in [3.8, 4) is 11.8 Å². The molecule has 6 nitrogen and oxygen atoms in total. The molecule has 0 amide bonds. The lowest BCUT2D eigenvalue weighted by molar-refractivity contribution is 0.164. The Morgan fingerprint density at radius 1 is 1.21 bits per heavy atom. The number of ether oxygens (including phenoxy) is 2. The first-order valence-electron chi connectivity index (χ1n) is 7.93. The summed E-state index contributed by atoms with van der Waals surface area (Å²) in [6, 6.07) is 4.59. The van der Waals surface area contributed by atoms with Gasteiger partial charge in [-0.3, -0.25) is 0 Å². The fourth-order valence-corrected chi connectivity index (χ4v) is 3.75. The van der Waals surface area contributed by atoms with Crippen molar-refractivity contribution in [3.05, 3.63) is 36.1 Å². The highest BCUT2D eigenvalue weighted by atomic mass is 32.1. The zero-order valence-corrected chi connectivity index (χ0v) is 14.2. The van der Waals surface area contributed by atoms with Crippen LogP contribution in [0.25, 0.3) is 10.1 Å². The Balaban J connectivity index is 1.50. The van der Waals surface area contributed by atoms with Gasteiger partial charge in [-0.25, -0.2) is 4.98 Å². The van der Waals surface area contributed by atoms with Crippen LogP contribution in [0.5, 0.6) is 11.8 Å². The summed E-state index contributed by atoms with van der Waals surface area (Å²) in [5.74, 6) is 1.67. The van der Waals surface area contributed by atoms with Gasteiger partial charge in [-0.1, -0.05) is 0 Å². The molecule has 4 rings (SSSR count). The van der Waals surface area contributed by atoms with Gasteiger partial charge >= 0.3 is 6.01 Å². The summed E-state index contributed by atoms with van der Waals surface area (Å²) in [4.78, 5) is 15.3. The van der Waals surface area contributed by atoms with E-state index in [4.69, 9.17) is 9.47 Å². The second kappa shape index (κ2) is 6.60. The van der Waals surface area contributed by atoms with E-state index in [0.29, 0.717) is 11.8 Å². The molecule has 1 aliphatic heterocycles. The molecular weight excluding hydrogens is 324 g/mol. The van der Waals surface area contributed by atoms with E-state index in [1.807, 2.05) is 6.20 Å². The first-order valence-corrected chi connectivity index (χ1v) is 8.81. The highest BCUT2D eigenvalue weighted by Gasteiger charge is 2.24. The van der Waals surface area contributed by atoms with Gasteiger partial charge in [0.25, 0.3) is 0 Å². The summed E-state index contributed by atoms with van der Waals surface area (Å²) >= 11 is 1.74. The zero-order valence-electron chi connectivity index (χ0n) is 13.4. The van der Waals surface area contributed by atoms with Crippen molar-refractivity contribution in [2.45, 2.75) is 18.9 Å². The number of hydrogen-bond acceptors (Lipinski definition) is 7. The summed E-state index contributed by atoms with van der Waals surface area (Å²) in [7, 11) is 1.59. The van der Waals surface area contributed by atoms with Crippen LogP contribution in [0.15, 0.2) is 36.1 Å². The Hall–Kier alpha value is -2.41. The van der Waals surface area contributed by atoms with Crippen molar-refractivity contribution >= 4 is 27.2 Å². The number of anilines is 1. The Bertz CT molecular complexity index is 821. The molecule has 3 aromatic heterocycles. The SMILES string of the molecule is COc1cnc(OC2CCCN(c3nccc4sccc34)C2)nc1. The Morgan fingerprint density at radius 2 is 2.08 bits per heavy atom. The first kappa shape index (κ1) is 15.1. The highest BCUT2D eigenvalue weighted by molar-refractivity contribution is 7.17. The van der Waals surface area contributed by atoms with Crippen molar-refractivity contribution in [2.24, 2.45) is 0 Å². The normalized spacial score (nSPS) is 17.9. The molecule has 1 saturated heterocycles. The minimum absolute atomic E-state index is 0.0582. The average molecular weight is 342 g/mol. The minimum atomic E-state index is 0.0582. The van der Waals surface area contributed by atoms with Crippen LogP contribution in [0, 0.1) is 0 Å². The Morgan fingerprint density at radius 3 is 2.92 bits per heavy atom. The Labute approximate surface area is 144 Å². The van der Waals surface area contributed by atoms with E-state index in [2.05, 4.69) is 37.4 Å². The average Bonchev–Trinajstić information content (AvgIpc) is 3.11. The van der Waals surface area contributed by atoms with E-state index in [1.165, 1.54) is 10.1 Å². The molecule has 7 heteroatoms. The number of fused-ring (bicyclic) bond motifs is 1. The van der Waals surface area contributed by atoms with Gasteiger partial charge in [0, 0.05) is 22.8 Å². The molecule has 1 atom stereocenters. The number of nitrogens with zero attached hydrogens (tertiary/aromatic N) is 4. The summed E-state index contributed by atoms with van der Waals surface area (Å²) in [5, 5.41) is 3.32. The molecule has 1 unspecified atom stereocenters. The van der Waals surface area contributed by atoms with Crippen LogP contribution in [-0.2, 0) is 0 Å². The number of rotatable bonds is 4. The molecule has 0 spiro atoms. The molecule has 0 bridgehead atoms. The number of thiophene rings is 1. The minimum Gasteiger partial charge on any atom is -0.494 e. The second-order valence-corrected chi connectivity index (χ2v) is 6.65. The van der Waals surface area contributed by atoms with Gasteiger partial charge in [0.2, 0.25) is 0 Å². The molecule has 4 heterocycles. The molecule has 1 aliphatic rings. The van der Waals surface area contributed by atoms with E-state index < -0.39 is 0 Å². The van der Waals surface area contributed by atoms with Crippen LogP contribution in [0.3, 0.4) is 0 Å². The maximum absolute atomic E-state index is 5.96. The van der Waals surface area contributed by atoms with E-state index in [9.17, 15) is 0 Å². The lowest BCUT2D eigenvalue weighted by Crippen LogP contribution is -2.41. The Kier molecular flexibility index (Phi) is 4.17. The van der Waals surface area contributed by atoms with Crippen molar-refractivity contribution in [1.29, 1.82) is 0 Å². The molecule has 0 N–H and O–H groups in total. The standard InChI is InChI=1S/C17H18N4O2S/c1-22-13-9-19-17(20-10-13)23-12-3-2-7-21(11-12)16-14-5-8-24-15(14)4-6-18-16/h4-6,8-10,12H,2-3,7,11H2,1H3. The molecule has 3 aromatic rings. The molecule has 24 heavy (non-hydrogen) atoms. The molecule has 0 radical (unpaired) electrons. The van der Waals surface area contributed by atoms with Gasteiger partial charge in [-0.2, -0.15) is 9.97 Å². The van der Waals surface area contributed by atoms with Crippen molar-refractivity contribution in [1.82, 2.24) is 15.0 Å². The van der Waals surface area contributed by atoms with Gasteiger partial charge in [-0.15, -0.1) is 11.3 Å². The van der Waals surface area contributed by atoms with Crippen LogP contribution >= 0.6 is 11.3 Å². The zero-order chi connectivity index (χ0) is 16.4. The number of hydrogen-bond donors (Lipinski definition) is 0. The highest BCUT2D eigenvalue weighted by Crippen LogP contribution is 2.30. The summed E-state index contributed by atoms with van der Waals surface area (Å²) in [5.41, 5.74) is 0. The van der Waals surface area contributed by atoms with Gasteiger partial charge in [0.1, 0.15) is 11.9 Å². The van der Waals surface area contributed by atoms with Crippen LogP contribution in [0.1, 0.15) is 12.8 Å². The number of aromatic nitrogens is 3. The third-order valence-corrected chi connectivity index (χ3v) is 5.03. The predicted molar refractivity (Wildman–Crippen MR) is 94.1 cm³/mol. The monoisotopic (exact) mass is 342 g/mol. The number of methoxy groups -OCH3 is 1. The van der Waals surface area contributed by atoms with Crippen LogP contribution in [0.4, 0.5) is 5.82 Å². The van der Waals surface area contributed by atoms with E-state index in [1.54, 1.807) is 30.8 Å². The van der Waals surface area contributed by atoms with Crippen molar-refractivity contribution in [2.75, 3.05) is 25.1 Å². The maximum Gasteiger partial charge on any atom is 0.316 e. The fraction of sp³-hybridized carbons (Fsp3) is 0.353. The molecule has 0 aliphatic carbocycles. The van der Waals surface area contributed by atoms with Crippen LogP contribution in [0.2, 0.25) is 0 Å². The largest absolute Gasteiger partial charge is 0.494 e.